The van der Waals surface area contributed by atoms with Crippen LogP contribution in [0.5, 0.6) is 0 Å². The lowest BCUT2D eigenvalue weighted by Crippen LogP contribution is -2.25. The molecule has 0 spiro atoms. The van der Waals surface area contributed by atoms with Crippen LogP contribution in [0.15, 0.2) is 65.5 Å². The van der Waals surface area contributed by atoms with Crippen molar-refractivity contribution >= 4 is 22.4 Å². The van der Waals surface area contributed by atoms with Crippen molar-refractivity contribution in [2.45, 2.75) is 33.6 Å². The number of aryl methyl sites for hydroxylation is 1. The van der Waals surface area contributed by atoms with Gasteiger partial charge in [-0.05, 0) is 42.7 Å². The van der Waals surface area contributed by atoms with Crippen LogP contribution < -0.4 is 10.9 Å². The van der Waals surface area contributed by atoms with E-state index in [1.165, 1.54) is 11.6 Å². The number of amides is 1. The molecule has 4 rings (SSSR count). The molecule has 0 saturated heterocycles. The standard InChI is InChI=1S/C27H24N4O2/c1-4-19-13-14-24(29-17(3)32)21(5-2)26(19)31-27(33)23-12-7-6-11-22(23)25(30-31)20-10-8-9-18(15-20)16-28/h6-15H,4-5H2,1-3H3,(H,29,32). The summed E-state index contributed by atoms with van der Waals surface area (Å²) in [7, 11) is 0. The second kappa shape index (κ2) is 9.09. The SMILES string of the molecule is CCc1ccc(NC(C)=O)c(CC)c1-n1nc(-c2cccc(C#N)c2)c2ccccc2c1=O. The number of nitrogens with zero attached hydrogens (tertiary/aromatic N) is 3. The van der Waals surface area contributed by atoms with E-state index in [0.29, 0.717) is 40.9 Å². The zero-order valence-electron chi connectivity index (χ0n) is 18.8. The van der Waals surface area contributed by atoms with Gasteiger partial charge in [0.25, 0.3) is 5.56 Å². The number of aromatic nitrogens is 2. The van der Waals surface area contributed by atoms with Gasteiger partial charge >= 0.3 is 0 Å². The topological polar surface area (TPSA) is 87.8 Å². The van der Waals surface area contributed by atoms with Crippen molar-refractivity contribution in [1.82, 2.24) is 9.78 Å². The Hall–Kier alpha value is -4.24. The lowest BCUT2D eigenvalue weighted by atomic mass is 9.99. The highest BCUT2D eigenvalue weighted by Gasteiger charge is 2.20. The zero-order valence-corrected chi connectivity index (χ0v) is 18.8. The fraction of sp³-hybridized carbons (Fsp3) is 0.185. The van der Waals surface area contributed by atoms with Crippen LogP contribution in [0.3, 0.4) is 0 Å². The maximum absolute atomic E-state index is 13.7. The molecule has 0 unspecified atom stereocenters. The molecule has 0 aliphatic carbocycles. The predicted molar refractivity (Wildman–Crippen MR) is 131 cm³/mol. The van der Waals surface area contributed by atoms with Gasteiger partial charge in [-0.25, -0.2) is 0 Å². The van der Waals surface area contributed by atoms with Crippen LogP contribution in [0.1, 0.15) is 37.5 Å². The molecule has 1 aromatic heterocycles. The number of rotatable bonds is 5. The maximum Gasteiger partial charge on any atom is 0.279 e. The molecule has 33 heavy (non-hydrogen) atoms. The molecule has 6 nitrogen and oxygen atoms in total. The van der Waals surface area contributed by atoms with Crippen molar-refractivity contribution in [3.8, 4) is 23.0 Å². The molecule has 1 heterocycles. The quantitative estimate of drug-likeness (QED) is 0.476. The number of nitrogens with one attached hydrogen (secondary N) is 1. The van der Waals surface area contributed by atoms with Gasteiger partial charge in [-0.1, -0.05) is 50.2 Å². The molecule has 4 aromatic rings. The highest BCUT2D eigenvalue weighted by atomic mass is 16.1. The number of carbonyl (C=O) groups is 1. The predicted octanol–water partition coefficient (Wildman–Crippen LogP) is 5.01. The monoisotopic (exact) mass is 436 g/mol. The van der Waals surface area contributed by atoms with E-state index >= 15 is 0 Å². The van der Waals surface area contributed by atoms with Gasteiger partial charge in [0.2, 0.25) is 5.91 Å². The molecule has 0 bridgehead atoms. The molecular formula is C27H24N4O2. The first kappa shape index (κ1) is 22.0. The molecule has 0 saturated carbocycles. The van der Waals surface area contributed by atoms with Crippen LogP contribution in [-0.2, 0) is 17.6 Å². The number of benzene rings is 3. The molecule has 164 valence electrons. The third-order valence-corrected chi connectivity index (χ3v) is 5.69. The molecule has 0 radical (unpaired) electrons. The van der Waals surface area contributed by atoms with Gasteiger partial charge in [0.1, 0.15) is 0 Å². The van der Waals surface area contributed by atoms with E-state index < -0.39 is 0 Å². The summed E-state index contributed by atoms with van der Waals surface area (Å²) in [5.41, 5.74) is 4.85. The minimum absolute atomic E-state index is 0.173. The number of nitriles is 1. The zero-order chi connectivity index (χ0) is 23.5. The molecule has 1 N–H and O–H groups in total. The summed E-state index contributed by atoms with van der Waals surface area (Å²) in [6, 6.07) is 20.6. The number of fused-ring (bicyclic) bond motifs is 1. The summed E-state index contributed by atoms with van der Waals surface area (Å²) in [6.45, 7) is 5.49. The van der Waals surface area contributed by atoms with Gasteiger partial charge in [0.05, 0.1) is 28.4 Å². The van der Waals surface area contributed by atoms with E-state index in [2.05, 4.69) is 11.4 Å². The van der Waals surface area contributed by atoms with E-state index in [1.54, 1.807) is 18.2 Å². The Bertz CT molecular complexity index is 1480. The van der Waals surface area contributed by atoms with E-state index in [-0.39, 0.29) is 11.5 Å². The maximum atomic E-state index is 13.7. The number of hydrogen-bond acceptors (Lipinski definition) is 4. The molecule has 0 atom stereocenters. The Kier molecular flexibility index (Phi) is 6.05. The summed E-state index contributed by atoms with van der Waals surface area (Å²) >= 11 is 0. The number of carbonyl (C=O) groups excluding carboxylic acids is 1. The van der Waals surface area contributed by atoms with Gasteiger partial charge < -0.3 is 5.32 Å². The molecular weight excluding hydrogens is 412 g/mol. The molecule has 0 aliphatic rings. The third kappa shape index (κ3) is 4.01. The van der Waals surface area contributed by atoms with Gasteiger partial charge in [-0.15, -0.1) is 0 Å². The summed E-state index contributed by atoms with van der Waals surface area (Å²) in [6.07, 6.45) is 1.31. The lowest BCUT2D eigenvalue weighted by Gasteiger charge is -2.20. The molecule has 6 heteroatoms. The van der Waals surface area contributed by atoms with Gasteiger partial charge in [0, 0.05) is 29.1 Å². The van der Waals surface area contributed by atoms with Gasteiger partial charge in [-0.2, -0.15) is 15.0 Å². The van der Waals surface area contributed by atoms with Crippen molar-refractivity contribution in [3.63, 3.8) is 0 Å². The minimum Gasteiger partial charge on any atom is -0.326 e. The Morgan fingerprint density at radius 2 is 1.79 bits per heavy atom. The normalized spacial score (nSPS) is 10.7. The fourth-order valence-electron chi connectivity index (χ4n) is 4.19. The van der Waals surface area contributed by atoms with Crippen molar-refractivity contribution in [2.24, 2.45) is 0 Å². The van der Waals surface area contributed by atoms with Crippen molar-refractivity contribution in [2.75, 3.05) is 5.32 Å². The van der Waals surface area contributed by atoms with Crippen LogP contribution >= 0.6 is 0 Å². The lowest BCUT2D eigenvalue weighted by molar-refractivity contribution is -0.114. The average Bonchev–Trinajstić information content (AvgIpc) is 2.84. The Morgan fingerprint density at radius 1 is 1.03 bits per heavy atom. The highest BCUT2D eigenvalue weighted by Crippen LogP contribution is 2.30. The second-order valence-corrected chi connectivity index (χ2v) is 7.79. The van der Waals surface area contributed by atoms with Crippen molar-refractivity contribution in [3.05, 3.63) is 87.7 Å². The molecule has 0 aliphatic heterocycles. The first-order chi connectivity index (χ1) is 16.0. The van der Waals surface area contributed by atoms with Crippen LogP contribution in [0.4, 0.5) is 5.69 Å². The van der Waals surface area contributed by atoms with Crippen molar-refractivity contribution in [1.29, 1.82) is 5.26 Å². The molecule has 1 amide bonds. The van der Waals surface area contributed by atoms with Gasteiger partial charge in [-0.3, -0.25) is 9.59 Å². The van der Waals surface area contributed by atoms with E-state index in [9.17, 15) is 14.9 Å². The third-order valence-electron chi connectivity index (χ3n) is 5.69. The minimum atomic E-state index is -0.227. The smallest absolute Gasteiger partial charge is 0.279 e. The first-order valence-corrected chi connectivity index (χ1v) is 10.9. The second-order valence-electron chi connectivity index (χ2n) is 7.79. The Morgan fingerprint density at radius 3 is 2.45 bits per heavy atom. The van der Waals surface area contributed by atoms with E-state index in [1.807, 2.05) is 56.3 Å². The van der Waals surface area contributed by atoms with Gasteiger partial charge in [0.15, 0.2) is 0 Å². The summed E-state index contributed by atoms with van der Waals surface area (Å²) in [5, 5.41) is 18.4. The van der Waals surface area contributed by atoms with Crippen LogP contribution in [0.25, 0.3) is 27.7 Å². The molecule has 0 fully saturated rings. The Balaban J connectivity index is 2.12. The van der Waals surface area contributed by atoms with Crippen LogP contribution in [0, 0.1) is 11.3 Å². The fourth-order valence-corrected chi connectivity index (χ4v) is 4.19. The van der Waals surface area contributed by atoms with E-state index in [4.69, 9.17) is 5.10 Å². The summed E-state index contributed by atoms with van der Waals surface area (Å²) in [5.74, 6) is -0.173. The highest BCUT2D eigenvalue weighted by molar-refractivity contribution is 5.94. The van der Waals surface area contributed by atoms with Crippen molar-refractivity contribution < 1.29 is 4.79 Å². The number of anilines is 1. The first-order valence-electron chi connectivity index (χ1n) is 10.9. The van der Waals surface area contributed by atoms with Crippen LogP contribution in [0.2, 0.25) is 0 Å². The Labute approximate surface area is 192 Å². The average molecular weight is 437 g/mol. The molecule has 3 aromatic carbocycles. The van der Waals surface area contributed by atoms with E-state index in [0.717, 1.165) is 22.1 Å². The summed E-state index contributed by atoms with van der Waals surface area (Å²) < 4.78 is 1.46. The largest absolute Gasteiger partial charge is 0.326 e. The summed E-state index contributed by atoms with van der Waals surface area (Å²) in [4.78, 5) is 25.5. The van der Waals surface area contributed by atoms with Crippen LogP contribution in [-0.4, -0.2) is 15.7 Å². The number of hydrogen-bond donors (Lipinski definition) is 1.